The second-order valence-corrected chi connectivity index (χ2v) is 4.60. The van der Waals surface area contributed by atoms with Gasteiger partial charge in [0.05, 0.1) is 6.20 Å². The van der Waals surface area contributed by atoms with E-state index in [2.05, 4.69) is 24.2 Å². The topological polar surface area (TPSA) is 88.3 Å². The summed E-state index contributed by atoms with van der Waals surface area (Å²) >= 11 is 0. The average molecular weight is 254 g/mol. The number of rotatable bonds is 6. The lowest BCUT2D eigenvalue weighted by atomic mass is 10.1. The van der Waals surface area contributed by atoms with Gasteiger partial charge in [0.1, 0.15) is 6.54 Å². The fourth-order valence-electron chi connectivity index (χ4n) is 1.36. The van der Waals surface area contributed by atoms with Crippen molar-refractivity contribution in [2.75, 3.05) is 13.6 Å². The molecule has 0 spiro atoms. The van der Waals surface area contributed by atoms with E-state index < -0.39 is 5.97 Å². The normalized spacial score (nSPS) is 10.7. The number of nitrogens with zero attached hydrogens (tertiary/aromatic N) is 4. The van der Waals surface area contributed by atoms with Crippen LogP contribution in [0.4, 0.5) is 0 Å². The highest BCUT2D eigenvalue weighted by atomic mass is 16.4. The van der Waals surface area contributed by atoms with Crippen molar-refractivity contribution >= 4 is 11.9 Å². The van der Waals surface area contributed by atoms with Crippen LogP contribution in [0.2, 0.25) is 0 Å². The van der Waals surface area contributed by atoms with Crippen molar-refractivity contribution in [2.24, 2.45) is 5.92 Å². The molecule has 1 amide bonds. The molecule has 18 heavy (non-hydrogen) atoms. The molecule has 0 aliphatic rings. The van der Waals surface area contributed by atoms with E-state index in [-0.39, 0.29) is 18.1 Å². The third kappa shape index (κ3) is 4.15. The van der Waals surface area contributed by atoms with Crippen LogP contribution in [0.25, 0.3) is 0 Å². The summed E-state index contributed by atoms with van der Waals surface area (Å²) < 4.78 is 1.13. The van der Waals surface area contributed by atoms with Crippen LogP contribution in [-0.4, -0.2) is 50.5 Å². The van der Waals surface area contributed by atoms with Gasteiger partial charge < -0.3 is 10.0 Å². The predicted molar refractivity (Wildman–Crippen MR) is 64.1 cm³/mol. The molecule has 1 rings (SSSR count). The van der Waals surface area contributed by atoms with Crippen LogP contribution in [0.15, 0.2) is 6.20 Å². The molecule has 7 nitrogen and oxygen atoms in total. The number of carboxylic acids is 1. The molecule has 1 heterocycles. The number of carbonyl (C=O) groups is 2. The Bertz CT molecular complexity index is 428. The maximum atomic E-state index is 11.9. The highest BCUT2D eigenvalue weighted by Crippen LogP contribution is 2.04. The molecular weight excluding hydrogens is 236 g/mol. The summed E-state index contributed by atoms with van der Waals surface area (Å²) in [5, 5.41) is 15.9. The van der Waals surface area contributed by atoms with Gasteiger partial charge in [-0.3, -0.25) is 9.59 Å². The largest absolute Gasteiger partial charge is 0.480 e. The summed E-state index contributed by atoms with van der Waals surface area (Å²) in [6.07, 6.45) is 2.26. The third-order valence-corrected chi connectivity index (χ3v) is 2.44. The van der Waals surface area contributed by atoms with Crippen molar-refractivity contribution < 1.29 is 14.7 Å². The number of carbonyl (C=O) groups excluding carboxylic acids is 1. The van der Waals surface area contributed by atoms with Crippen molar-refractivity contribution in [3.8, 4) is 0 Å². The molecule has 1 N–H and O–H groups in total. The predicted octanol–water partition coefficient (Wildman–Crippen LogP) is 0.481. The second kappa shape index (κ2) is 6.13. The first kappa shape index (κ1) is 14.1. The molecule has 0 aliphatic heterocycles. The minimum atomic E-state index is -1.02. The zero-order chi connectivity index (χ0) is 13.7. The van der Waals surface area contributed by atoms with E-state index >= 15 is 0 Å². The number of hydrogen-bond acceptors (Lipinski definition) is 4. The van der Waals surface area contributed by atoms with Crippen LogP contribution in [0.3, 0.4) is 0 Å². The average Bonchev–Trinajstić information content (AvgIpc) is 2.72. The van der Waals surface area contributed by atoms with Gasteiger partial charge in [-0.05, 0) is 12.3 Å². The van der Waals surface area contributed by atoms with Crippen LogP contribution in [0.5, 0.6) is 0 Å². The van der Waals surface area contributed by atoms with Crippen molar-refractivity contribution in [3.05, 3.63) is 11.9 Å². The standard InChI is InChI=1S/C11H18N4O3/c1-8(2)4-5-14(3)11(18)9-6-15(13-12-9)7-10(16)17/h6,8H,4-5,7H2,1-3H3,(H,16,17). The van der Waals surface area contributed by atoms with Crippen molar-refractivity contribution in [2.45, 2.75) is 26.8 Å². The molecule has 1 aromatic heterocycles. The summed E-state index contributed by atoms with van der Waals surface area (Å²) in [5.74, 6) is -0.748. The maximum absolute atomic E-state index is 11.9. The van der Waals surface area contributed by atoms with Gasteiger partial charge in [0.25, 0.3) is 5.91 Å². The lowest BCUT2D eigenvalue weighted by Gasteiger charge is -2.16. The summed E-state index contributed by atoms with van der Waals surface area (Å²) in [7, 11) is 1.70. The number of aromatic nitrogens is 3. The van der Waals surface area contributed by atoms with Gasteiger partial charge in [-0.2, -0.15) is 0 Å². The van der Waals surface area contributed by atoms with Gasteiger partial charge >= 0.3 is 5.97 Å². The van der Waals surface area contributed by atoms with E-state index in [1.165, 1.54) is 6.20 Å². The van der Waals surface area contributed by atoms with E-state index in [0.717, 1.165) is 11.1 Å². The first-order valence-corrected chi connectivity index (χ1v) is 5.77. The monoisotopic (exact) mass is 254 g/mol. The van der Waals surface area contributed by atoms with Crippen molar-refractivity contribution in [1.29, 1.82) is 0 Å². The Labute approximate surface area is 105 Å². The van der Waals surface area contributed by atoms with Crippen LogP contribution < -0.4 is 0 Å². The maximum Gasteiger partial charge on any atom is 0.325 e. The van der Waals surface area contributed by atoms with Gasteiger partial charge in [0.15, 0.2) is 5.69 Å². The second-order valence-electron chi connectivity index (χ2n) is 4.60. The van der Waals surface area contributed by atoms with Crippen molar-refractivity contribution in [3.63, 3.8) is 0 Å². The smallest absolute Gasteiger partial charge is 0.325 e. The molecular formula is C11H18N4O3. The first-order chi connectivity index (χ1) is 8.40. The number of hydrogen-bond donors (Lipinski definition) is 1. The Morgan fingerprint density at radius 1 is 1.50 bits per heavy atom. The lowest BCUT2D eigenvalue weighted by molar-refractivity contribution is -0.137. The zero-order valence-corrected chi connectivity index (χ0v) is 10.8. The van der Waals surface area contributed by atoms with E-state index in [0.29, 0.717) is 12.5 Å². The molecule has 0 aromatic carbocycles. The van der Waals surface area contributed by atoms with Gasteiger partial charge in [-0.1, -0.05) is 19.1 Å². The van der Waals surface area contributed by atoms with Crippen LogP contribution >= 0.6 is 0 Å². The van der Waals surface area contributed by atoms with Crippen LogP contribution in [0.1, 0.15) is 30.8 Å². The lowest BCUT2D eigenvalue weighted by Crippen LogP contribution is -2.28. The number of carboxylic acid groups (broad SMARTS) is 1. The minimum Gasteiger partial charge on any atom is -0.480 e. The van der Waals surface area contributed by atoms with Gasteiger partial charge in [-0.25, -0.2) is 4.68 Å². The van der Waals surface area contributed by atoms with Gasteiger partial charge in [-0.15, -0.1) is 5.10 Å². The minimum absolute atomic E-state index is 0.169. The fourth-order valence-corrected chi connectivity index (χ4v) is 1.36. The Hall–Kier alpha value is -1.92. The summed E-state index contributed by atoms with van der Waals surface area (Å²) in [4.78, 5) is 24.0. The van der Waals surface area contributed by atoms with Gasteiger partial charge in [0.2, 0.25) is 0 Å². The molecule has 0 saturated heterocycles. The molecule has 0 radical (unpaired) electrons. The Kier molecular flexibility index (Phi) is 4.82. The highest BCUT2D eigenvalue weighted by Gasteiger charge is 2.16. The SMILES string of the molecule is CC(C)CCN(C)C(=O)c1cn(CC(=O)O)nn1. The van der Waals surface area contributed by atoms with Crippen LogP contribution in [-0.2, 0) is 11.3 Å². The number of amides is 1. The van der Waals surface area contributed by atoms with E-state index in [4.69, 9.17) is 5.11 Å². The molecule has 0 unspecified atom stereocenters. The summed E-state index contributed by atoms with van der Waals surface area (Å²) in [5.41, 5.74) is 0.169. The first-order valence-electron chi connectivity index (χ1n) is 5.77. The van der Waals surface area contributed by atoms with Crippen molar-refractivity contribution in [1.82, 2.24) is 19.9 Å². The summed E-state index contributed by atoms with van der Waals surface area (Å²) in [6.45, 7) is 4.52. The van der Waals surface area contributed by atoms with E-state index in [1.54, 1.807) is 11.9 Å². The molecule has 0 saturated carbocycles. The number of aliphatic carboxylic acids is 1. The van der Waals surface area contributed by atoms with E-state index in [9.17, 15) is 9.59 Å². The highest BCUT2D eigenvalue weighted by molar-refractivity contribution is 5.91. The Morgan fingerprint density at radius 3 is 2.72 bits per heavy atom. The molecule has 0 aliphatic carbocycles. The quantitative estimate of drug-likeness (QED) is 0.797. The molecule has 7 heteroatoms. The molecule has 1 aromatic rings. The van der Waals surface area contributed by atoms with Gasteiger partial charge in [0, 0.05) is 13.6 Å². The molecule has 0 fully saturated rings. The van der Waals surface area contributed by atoms with Crippen LogP contribution in [0, 0.1) is 5.92 Å². The van der Waals surface area contributed by atoms with E-state index in [1.807, 2.05) is 0 Å². The molecule has 0 bridgehead atoms. The fraction of sp³-hybridized carbons (Fsp3) is 0.636. The molecule has 100 valence electrons. The Morgan fingerprint density at radius 2 is 2.17 bits per heavy atom. The Balaban J connectivity index is 2.60. The zero-order valence-electron chi connectivity index (χ0n) is 10.8. The molecule has 0 atom stereocenters. The summed E-state index contributed by atoms with van der Waals surface area (Å²) in [6, 6.07) is 0. The third-order valence-electron chi connectivity index (χ3n) is 2.44.